The Morgan fingerprint density at radius 2 is 1.55 bits per heavy atom. The van der Waals surface area contributed by atoms with Gasteiger partial charge in [-0.1, -0.05) is 60.7 Å². The van der Waals surface area contributed by atoms with Crippen LogP contribution in [0.25, 0.3) is 11.0 Å². The summed E-state index contributed by atoms with van der Waals surface area (Å²) < 4.78 is 11.8. The fourth-order valence-corrected chi connectivity index (χ4v) is 5.73. The second kappa shape index (κ2) is 11.5. The van der Waals surface area contributed by atoms with Crippen LogP contribution in [0.3, 0.4) is 0 Å². The molecule has 3 heterocycles. The lowest BCUT2D eigenvalue weighted by Gasteiger charge is -2.42. The smallest absolute Gasteiger partial charge is 0.242 e. The quantitative estimate of drug-likeness (QED) is 0.262. The molecule has 40 heavy (non-hydrogen) atoms. The highest BCUT2D eigenvalue weighted by Crippen LogP contribution is 2.41. The third kappa shape index (κ3) is 5.30. The molecular formula is C31H31N5O4. The first-order chi connectivity index (χ1) is 19.6. The second-order valence-electron chi connectivity index (χ2n) is 10.3. The number of likely N-dealkylation sites (tertiary alicyclic amines) is 1. The van der Waals surface area contributed by atoms with Gasteiger partial charge in [0.25, 0.3) is 0 Å². The molecule has 1 N–H and O–H groups in total. The highest BCUT2D eigenvalue weighted by Gasteiger charge is 2.41. The molecule has 2 aliphatic heterocycles. The Morgan fingerprint density at radius 1 is 0.900 bits per heavy atom. The zero-order valence-corrected chi connectivity index (χ0v) is 22.1. The standard InChI is InChI=1S/C31H31N5O4/c37-27-21-29(30-32-34-35-33-30)40-28-20-25(12-13-26(27)28)39-19-7-16-36-17-14-24(15-18-36)31(38,22-8-3-1-4-9-22)23-10-5-2-6-11-23/h1-6,8-13,20-21,24,30,38H,7,14-19H2. The predicted molar refractivity (Wildman–Crippen MR) is 150 cm³/mol. The van der Waals surface area contributed by atoms with Gasteiger partial charge in [0.1, 0.15) is 16.9 Å². The molecule has 0 spiro atoms. The van der Waals surface area contributed by atoms with Crippen molar-refractivity contribution in [3.05, 3.63) is 112 Å². The van der Waals surface area contributed by atoms with Crippen molar-refractivity contribution >= 4 is 11.0 Å². The molecule has 0 saturated carbocycles. The van der Waals surface area contributed by atoms with E-state index in [2.05, 4.69) is 25.6 Å². The fraction of sp³-hybridized carbons (Fsp3) is 0.323. The number of ether oxygens (including phenoxy) is 1. The van der Waals surface area contributed by atoms with E-state index in [0.717, 1.165) is 50.0 Å². The third-order valence-corrected chi connectivity index (χ3v) is 7.83. The van der Waals surface area contributed by atoms with Crippen LogP contribution in [0.1, 0.15) is 42.3 Å². The number of hydrogen-bond donors (Lipinski definition) is 1. The lowest BCUT2D eigenvalue weighted by Crippen LogP contribution is -2.44. The molecule has 1 aromatic heterocycles. The molecule has 0 radical (unpaired) electrons. The summed E-state index contributed by atoms with van der Waals surface area (Å²) in [6.07, 6.45) is 1.96. The van der Waals surface area contributed by atoms with Gasteiger partial charge in [0.2, 0.25) is 6.17 Å². The number of nitrogens with zero attached hydrogens (tertiary/aromatic N) is 5. The second-order valence-corrected chi connectivity index (χ2v) is 10.3. The van der Waals surface area contributed by atoms with Crippen molar-refractivity contribution in [2.45, 2.75) is 31.0 Å². The molecule has 0 unspecified atom stereocenters. The minimum absolute atomic E-state index is 0.133. The Bertz CT molecular complexity index is 1510. The van der Waals surface area contributed by atoms with Crippen LogP contribution >= 0.6 is 0 Å². The van der Waals surface area contributed by atoms with Crippen molar-refractivity contribution in [2.75, 3.05) is 26.2 Å². The van der Waals surface area contributed by atoms with Crippen LogP contribution < -0.4 is 10.2 Å². The van der Waals surface area contributed by atoms with Gasteiger partial charge in [0.05, 0.1) is 12.0 Å². The largest absolute Gasteiger partial charge is 0.493 e. The number of fused-ring (bicyclic) bond motifs is 1. The van der Waals surface area contributed by atoms with Crippen molar-refractivity contribution in [3.8, 4) is 5.75 Å². The number of rotatable bonds is 9. The van der Waals surface area contributed by atoms with Gasteiger partial charge in [0, 0.05) is 18.7 Å². The van der Waals surface area contributed by atoms with Gasteiger partial charge < -0.3 is 19.2 Å². The van der Waals surface area contributed by atoms with Gasteiger partial charge in [-0.2, -0.15) is 0 Å². The van der Waals surface area contributed by atoms with Crippen LogP contribution in [-0.2, 0) is 5.60 Å². The lowest BCUT2D eigenvalue weighted by atomic mass is 9.72. The maximum absolute atomic E-state index is 12.5. The van der Waals surface area contributed by atoms with Crippen LogP contribution in [-0.4, -0.2) is 36.2 Å². The Hall–Kier alpha value is -4.21. The maximum atomic E-state index is 12.5. The summed E-state index contributed by atoms with van der Waals surface area (Å²) in [4.78, 5) is 14.9. The van der Waals surface area contributed by atoms with Crippen molar-refractivity contribution in [1.82, 2.24) is 4.90 Å². The monoisotopic (exact) mass is 537 g/mol. The summed E-state index contributed by atoms with van der Waals surface area (Å²) in [6, 6.07) is 26.7. The molecule has 1 fully saturated rings. The molecule has 1 saturated heterocycles. The fourth-order valence-electron chi connectivity index (χ4n) is 5.73. The summed E-state index contributed by atoms with van der Waals surface area (Å²) in [5, 5.41) is 27.2. The van der Waals surface area contributed by atoms with E-state index in [9.17, 15) is 9.90 Å². The van der Waals surface area contributed by atoms with Crippen LogP contribution in [0.4, 0.5) is 0 Å². The predicted octanol–water partition coefficient (Wildman–Crippen LogP) is 6.04. The van der Waals surface area contributed by atoms with Gasteiger partial charge >= 0.3 is 0 Å². The van der Waals surface area contributed by atoms with E-state index in [1.165, 1.54) is 6.07 Å². The zero-order chi connectivity index (χ0) is 27.4. The minimum Gasteiger partial charge on any atom is -0.493 e. The van der Waals surface area contributed by atoms with Crippen LogP contribution in [0.15, 0.2) is 115 Å². The molecule has 204 valence electrons. The van der Waals surface area contributed by atoms with E-state index >= 15 is 0 Å². The lowest BCUT2D eigenvalue weighted by molar-refractivity contribution is -0.0146. The first-order valence-corrected chi connectivity index (χ1v) is 13.7. The average molecular weight is 538 g/mol. The topological polar surface area (TPSA) is 112 Å². The van der Waals surface area contributed by atoms with E-state index in [1.54, 1.807) is 18.2 Å². The van der Waals surface area contributed by atoms with Crippen molar-refractivity contribution in [3.63, 3.8) is 0 Å². The first kappa shape index (κ1) is 26.0. The summed E-state index contributed by atoms with van der Waals surface area (Å²) >= 11 is 0. The van der Waals surface area contributed by atoms with Crippen LogP contribution in [0.2, 0.25) is 0 Å². The molecule has 9 nitrogen and oxygen atoms in total. The molecule has 0 aliphatic carbocycles. The average Bonchev–Trinajstić information content (AvgIpc) is 3.55. The highest BCUT2D eigenvalue weighted by atomic mass is 16.5. The molecule has 4 aromatic rings. The molecule has 3 aromatic carbocycles. The molecule has 2 aliphatic rings. The summed E-state index contributed by atoms with van der Waals surface area (Å²) in [6.45, 7) is 3.30. The van der Waals surface area contributed by atoms with Gasteiger partial charge in [-0.15, -0.1) is 10.2 Å². The molecule has 0 amide bonds. The Labute approximate surface area is 231 Å². The molecule has 6 rings (SSSR count). The zero-order valence-electron chi connectivity index (χ0n) is 22.1. The highest BCUT2D eigenvalue weighted by molar-refractivity contribution is 5.78. The minimum atomic E-state index is -1.01. The van der Waals surface area contributed by atoms with Gasteiger partial charge in [-0.3, -0.25) is 4.79 Å². The Kier molecular flexibility index (Phi) is 7.48. The molecule has 9 heteroatoms. The van der Waals surface area contributed by atoms with E-state index < -0.39 is 11.8 Å². The first-order valence-electron chi connectivity index (χ1n) is 13.7. The Balaban J connectivity index is 1.04. The van der Waals surface area contributed by atoms with E-state index in [-0.39, 0.29) is 11.3 Å². The SMILES string of the molecule is O=c1cc(C2N=NN=N2)oc2cc(OCCCN3CCC(C(O)(c4ccccc4)c4ccccc4)CC3)ccc12. The summed E-state index contributed by atoms with van der Waals surface area (Å²) in [7, 11) is 0. The van der Waals surface area contributed by atoms with Crippen molar-refractivity contribution in [1.29, 1.82) is 0 Å². The third-order valence-electron chi connectivity index (χ3n) is 7.83. The Morgan fingerprint density at radius 3 is 2.20 bits per heavy atom. The van der Waals surface area contributed by atoms with Gasteiger partial charge in [-0.25, -0.2) is 0 Å². The summed E-state index contributed by atoms with van der Waals surface area (Å²) in [5.41, 5.74) is 1.14. The maximum Gasteiger partial charge on any atom is 0.242 e. The summed E-state index contributed by atoms with van der Waals surface area (Å²) in [5.74, 6) is 1.07. The van der Waals surface area contributed by atoms with E-state index in [1.807, 2.05) is 60.7 Å². The molecule has 0 atom stereocenters. The van der Waals surface area contributed by atoms with Crippen molar-refractivity contribution < 1.29 is 14.3 Å². The molecule has 0 bridgehead atoms. The normalized spacial score (nSPS) is 16.6. The number of benzene rings is 3. The van der Waals surface area contributed by atoms with E-state index in [0.29, 0.717) is 29.1 Å². The van der Waals surface area contributed by atoms with E-state index in [4.69, 9.17) is 9.15 Å². The van der Waals surface area contributed by atoms with Gasteiger partial charge in [-0.05, 0) is 72.0 Å². The number of hydrogen-bond acceptors (Lipinski definition) is 9. The van der Waals surface area contributed by atoms with Crippen molar-refractivity contribution in [2.24, 2.45) is 26.6 Å². The molecular weight excluding hydrogens is 506 g/mol. The number of aliphatic hydroxyl groups is 1. The van der Waals surface area contributed by atoms with Crippen LogP contribution in [0, 0.1) is 5.92 Å². The number of piperidine rings is 1. The van der Waals surface area contributed by atoms with Gasteiger partial charge in [0.15, 0.2) is 11.2 Å². The van der Waals surface area contributed by atoms with Crippen LogP contribution in [0.5, 0.6) is 5.75 Å².